The van der Waals surface area contributed by atoms with Crippen LogP contribution >= 0.6 is 11.6 Å². The van der Waals surface area contributed by atoms with E-state index in [2.05, 4.69) is 25.9 Å². The molecule has 0 saturated heterocycles. The van der Waals surface area contributed by atoms with Crippen LogP contribution in [0.2, 0.25) is 5.02 Å². The van der Waals surface area contributed by atoms with Gasteiger partial charge in [0, 0.05) is 18.0 Å². The molecular weight excluding hydrogens is 454 g/mol. The second-order valence-corrected chi connectivity index (χ2v) is 10.9. The molecule has 0 fully saturated rings. The van der Waals surface area contributed by atoms with Crippen molar-refractivity contribution in [3.8, 4) is 0 Å². The third kappa shape index (κ3) is 11.9. The third-order valence-electron chi connectivity index (χ3n) is 6.99. The number of aryl methyl sites for hydroxylation is 1. The van der Waals surface area contributed by atoms with Gasteiger partial charge in [0.15, 0.2) is 0 Å². The Morgan fingerprint density at radius 1 is 0.800 bits per heavy atom. The zero-order chi connectivity index (χ0) is 25.3. The first-order chi connectivity index (χ1) is 17.0. The average molecular weight is 504 g/mol. The first-order valence-electron chi connectivity index (χ1n) is 14.4. The maximum atomic E-state index is 13.2. The highest BCUT2D eigenvalue weighted by atomic mass is 35.5. The van der Waals surface area contributed by atoms with Crippen LogP contribution in [-0.4, -0.2) is 35.1 Å². The minimum atomic E-state index is 0.0707. The molecule has 0 N–H and O–H groups in total. The van der Waals surface area contributed by atoms with Crippen LogP contribution < -0.4 is 5.56 Å². The summed E-state index contributed by atoms with van der Waals surface area (Å²) in [5.41, 5.74) is 0.795. The number of unbranched alkanes of at least 4 members (excludes halogenated alkanes) is 14. The van der Waals surface area contributed by atoms with Crippen molar-refractivity contribution in [2.24, 2.45) is 0 Å². The summed E-state index contributed by atoms with van der Waals surface area (Å²) < 4.78 is 1.91. The quantitative estimate of drug-likeness (QED) is 0.170. The van der Waals surface area contributed by atoms with Crippen LogP contribution in [0.25, 0.3) is 10.9 Å². The lowest BCUT2D eigenvalue weighted by molar-refractivity contribution is 0.382. The molecule has 4 nitrogen and oxygen atoms in total. The lowest BCUT2D eigenvalue weighted by Gasteiger charge is -2.15. The fraction of sp³-hybridized carbons (Fsp3) is 0.733. The van der Waals surface area contributed by atoms with Crippen molar-refractivity contribution >= 4 is 22.5 Å². The smallest absolute Gasteiger partial charge is 0.261 e. The van der Waals surface area contributed by atoms with Crippen molar-refractivity contribution in [3.63, 3.8) is 0 Å². The van der Waals surface area contributed by atoms with Gasteiger partial charge < -0.3 is 4.90 Å². The van der Waals surface area contributed by atoms with E-state index >= 15 is 0 Å². The number of halogens is 1. The molecule has 1 heterocycles. The summed E-state index contributed by atoms with van der Waals surface area (Å²) in [6.45, 7) is 3.96. The minimum Gasteiger partial charge on any atom is -0.309 e. The molecule has 0 amide bonds. The van der Waals surface area contributed by atoms with Gasteiger partial charge in [-0.25, -0.2) is 4.98 Å². The Morgan fingerprint density at radius 3 is 1.89 bits per heavy atom. The largest absolute Gasteiger partial charge is 0.309 e. The summed E-state index contributed by atoms with van der Waals surface area (Å²) in [5, 5.41) is 1.30. The summed E-state index contributed by atoms with van der Waals surface area (Å²) in [7, 11) is 4.14. The molecule has 1 aromatic heterocycles. The maximum Gasteiger partial charge on any atom is 0.261 e. The zero-order valence-corrected chi connectivity index (χ0v) is 23.6. The fourth-order valence-corrected chi connectivity index (χ4v) is 5.03. The molecule has 35 heavy (non-hydrogen) atoms. The van der Waals surface area contributed by atoms with Crippen LogP contribution in [0.3, 0.4) is 0 Å². The van der Waals surface area contributed by atoms with E-state index in [0.717, 1.165) is 43.7 Å². The number of nitrogens with zero attached hydrogens (tertiary/aromatic N) is 3. The molecular formula is C30H50ClN3O. The number of rotatable bonds is 20. The van der Waals surface area contributed by atoms with Crippen molar-refractivity contribution in [3.05, 3.63) is 39.4 Å². The lowest BCUT2D eigenvalue weighted by Crippen LogP contribution is -2.27. The Hall–Kier alpha value is -1.39. The summed E-state index contributed by atoms with van der Waals surface area (Å²) in [6, 6.07) is 5.41. The van der Waals surface area contributed by atoms with Crippen molar-refractivity contribution in [2.75, 3.05) is 20.6 Å². The minimum absolute atomic E-state index is 0.0707. The van der Waals surface area contributed by atoms with Gasteiger partial charge in [-0.15, -0.1) is 0 Å². The monoisotopic (exact) mass is 503 g/mol. The van der Waals surface area contributed by atoms with Crippen molar-refractivity contribution < 1.29 is 0 Å². The van der Waals surface area contributed by atoms with E-state index in [1.54, 1.807) is 6.07 Å². The molecule has 5 heteroatoms. The van der Waals surface area contributed by atoms with Crippen LogP contribution in [0.15, 0.2) is 23.0 Å². The van der Waals surface area contributed by atoms with E-state index in [9.17, 15) is 4.79 Å². The van der Waals surface area contributed by atoms with Gasteiger partial charge >= 0.3 is 0 Å². The number of benzene rings is 1. The van der Waals surface area contributed by atoms with Crippen LogP contribution in [0.5, 0.6) is 0 Å². The van der Waals surface area contributed by atoms with E-state index in [1.165, 1.54) is 89.9 Å². The van der Waals surface area contributed by atoms with Crippen LogP contribution in [0.4, 0.5) is 0 Å². The topological polar surface area (TPSA) is 38.1 Å². The Labute approximate surface area is 219 Å². The molecule has 2 rings (SSSR count). The van der Waals surface area contributed by atoms with Gasteiger partial charge in [0.05, 0.1) is 10.9 Å². The normalized spacial score (nSPS) is 11.7. The Morgan fingerprint density at radius 2 is 1.34 bits per heavy atom. The number of hydrogen-bond donors (Lipinski definition) is 0. The van der Waals surface area contributed by atoms with E-state index in [1.807, 2.05) is 16.7 Å². The standard InChI is InChI=1S/C30H50ClN3O/c1-4-5-6-7-8-9-10-11-12-13-14-15-16-17-18-20-29-32-28-25-26(31)21-22-27(28)30(35)34(29)24-19-23-33(2)3/h21-22,25H,4-20,23-24H2,1-3H3. The molecule has 198 valence electrons. The molecule has 0 aliphatic carbocycles. The molecule has 0 spiro atoms. The fourth-order valence-electron chi connectivity index (χ4n) is 4.86. The van der Waals surface area contributed by atoms with Crippen LogP contribution in [0, 0.1) is 0 Å². The predicted molar refractivity (Wildman–Crippen MR) is 153 cm³/mol. The molecule has 0 radical (unpaired) electrons. The SMILES string of the molecule is CCCCCCCCCCCCCCCCCc1nc2cc(Cl)ccc2c(=O)n1CCCN(C)C. The van der Waals surface area contributed by atoms with Crippen molar-refractivity contribution in [2.45, 2.75) is 123 Å². The van der Waals surface area contributed by atoms with E-state index in [0.29, 0.717) is 10.4 Å². The number of aromatic nitrogens is 2. The highest BCUT2D eigenvalue weighted by molar-refractivity contribution is 6.31. The first-order valence-corrected chi connectivity index (χ1v) is 14.7. The van der Waals surface area contributed by atoms with Gasteiger partial charge in [-0.3, -0.25) is 9.36 Å². The number of hydrogen-bond acceptors (Lipinski definition) is 3. The molecule has 0 aliphatic rings. The molecule has 0 bridgehead atoms. The summed E-state index contributed by atoms with van der Waals surface area (Å²) >= 11 is 6.17. The van der Waals surface area contributed by atoms with Crippen molar-refractivity contribution in [1.82, 2.24) is 14.5 Å². The Bertz CT molecular complexity index is 893. The average Bonchev–Trinajstić information content (AvgIpc) is 2.83. The molecule has 0 atom stereocenters. The molecule has 2 aromatic rings. The third-order valence-corrected chi connectivity index (χ3v) is 7.22. The van der Waals surface area contributed by atoms with Gasteiger partial charge in [0.1, 0.15) is 5.82 Å². The summed E-state index contributed by atoms with van der Waals surface area (Å²) in [6.07, 6.45) is 22.2. The first kappa shape index (κ1) is 29.8. The highest BCUT2D eigenvalue weighted by Gasteiger charge is 2.11. The van der Waals surface area contributed by atoms with E-state index in [-0.39, 0.29) is 5.56 Å². The summed E-state index contributed by atoms with van der Waals surface area (Å²) in [5.74, 6) is 0.915. The van der Waals surface area contributed by atoms with Crippen LogP contribution in [0.1, 0.15) is 115 Å². The molecule has 0 unspecified atom stereocenters. The second-order valence-electron chi connectivity index (χ2n) is 10.5. The Kier molecular flexibility index (Phi) is 15.3. The van der Waals surface area contributed by atoms with Gasteiger partial charge in [-0.2, -0.15) is 0 Å². The summed E-state index contributed by atoms with van der Waals surface area (Å²) in [4.78, 5) is 20.2. The number of fused-ring (bicyclic) bond motifs is 1. The Balaban J connectivity index is 1.68. The van der Waals surface area contributed by atoms with Gasteiger partial charge in [0.2, 0.25) is 0 Å². The van der Waals surface area contributed by atoms with Gasteiger partial charge in [-0.05, 0) is 51.7 Å². The zero-order valence-electron chi connectivity index (χ0n) is 22.8. The maximum absolute atomic E-state index is 13.2. The van der Waals surface area contributed by atoms with Gasteiger partial charge in [-0.1, -0.05) is 108 Å². The van der Waals surface area contributed by atoms with Crippen molar-refractivity contribution in [1.29, 1.82) is 0 Å². The lowest BCUT2D eigenvalue weighted by atomic mass is 10.0. The predicted octanol–water partition coefficient (Wildman–Crippen LogP) is 8.42. The molecule has 0 aliphatic heterocycles. The highest BCUT2D eigenvalue weighted by Crippen LogP contribution is 2.18. The second kappa shape index (κ2) is 17.9. The molecule has 1 aromatic carbocycles. The van der Waals surface area contributed by atoms with E-state index in [4.69, 9.17) is 16.6 Å². The molecule has 0 saturated carbocycles. The van der Waals surface area contributed by atoms with E-state index < -0.39 is 0 Å². The van der Waals surface area contributed by atoms with Gasteiger partial charge in [0.25, 0.3) is 5.56 Å². The van der Waals surface area contributed by atoms with Crippen LogP contribution in [-0.2, 0) is 13.0 Å².